The summed E-state index contributed by atoms with van der Waals surface area (Å²) in [6.07, 6.45) is 7.82. The molecule has 0 unspecified atom stereocenters. The maximum atomic E-state index is 12.7. The number of nitrogens with one attached hydrogen (secondary N) is 3. The van der Waals surface area contributed by atoms with Crippen molar-refractivity contribution in [2.45, 2.75) is 18.8 Å². The summed E-state index contributed by atoms with van der Waals surface area (Å²) in [4.78, 5) is 20.0. The van der Waals surface area contributed by atoms with Gasteiger partial charge in [0.1, 0.15) is 0 Å². The van der Waals surface area contributed by atoms with Gasteiger partial charge in [0.25, 0.3) is 5.91 Å². The Labute approximate surface area is 171 Å². The smallest absolute Gasteiger partial charge is 0.276 e. The van der Waals surface area contributed by atoms with Gasteiger partial charge >= 0.3 is 0 Å². The van der Waals surface area contributed by atoms with Crippen LogP contribution >= 0.6 is 0 Å². The fraction of sp³-hybridized carbons (Fsp3) is 0.182. The van der Waals surface area contributed by atoms with Crippen LogP contribution in [0.4, 0.5) is 5.69 Å². The first-order chi connectivity index (χ1) is 14.7. The number of hydrogen-bond acceptors (Lipinski definition) is 4. The standard InChI is InChI=1S/C22H19N7O/c1-29-20(18-16(12-4-5-12)11-24-21(18)28-29)13-6-7-15-17(9-13)26-27-19(15)22(30)25-14-3-2-8-23-10-14/h2-3,6-12H,4-5H2,1H3,(H,24,28)(H,25,30)(H,26,27). The molecule has 0 bridgehead atoms. The van der Waals surface area contributed by atoms with Crippen LogP contribution in [0, 0.1) is 0 Å². The van der Waals surface area contributed by atoms with Crippen molar-refractivity contribution in [1.29, 1.82) is 0 Å². The third-order valence-electron chi connectivity index (χ3n) is 5.69. The van der Waals surface area contributed by atoms with Crippen LogP contribution in [0.5, 0.6) is 0 Å². The van der Waals surface area contributed by atoms with E-state index in [1.807, 2.05) is 29.9 Å². The molecule has 0 saturated heterocycles. The van der Waals surface area contributed by atoms with Crippen molar-refractivity contribution in [2.24, 2.45) is 7.05 Å². The SMILES string of the molecule is Cn1nc2[nH]cc(C3CC3)c2c1-c1ccc2c(C(=O)Nc3cccnc3)n[nH]c2c1. The van der Waals surface area contributed by atoms with E-state index < -0.39 is 0 Å². The molecule has 0 aliphatic heterocycles. The first-order valence-electron chi connectivity index (χ1n) is 9.93. The molecule has 0 atom stereocenters. The fourth-order valence-corrected chi connectivity index (χ4v) is 4.13. The summed E-state index contributed by atoms with van der Waals surface area (Å²) in [5.41, 5.74) is 6.16. The van der Waals surface area contributed by atoms with Crippen LogP contribution in [0.2, 0.25) is 0 Å². The average Bonchev–Trinajstić information content (AvgIpc) is 3.24. The number of aromatic nitrogens is 6. The Bertz CT molecular complexity index is 1410. The lowest BCUT2D eigenvalue weighted by Crippen LogP contribution is -2.12. The van der Waals surface area contributed by atoms with Crippen molar-refractivity contribution < 1.29 is 4.79 Å². The second-order valence-corrected chi connectivity index (χ2v) is 7.74. The molecule has 1 aliphatic rings. The van der Waals surface area contributed by atoms with Crippen LogP contribution in [-0.4, -0.2) is 35.9 Å². The number of fused-ring (bicyclic) bond motifs is 2. The van der Waals surface area contributed by atoms with Crippen molar-refractivity contribution >= 4 is 33.5 Å². The quantitative estimate of drug-likeness (QED) is 0.427. The second-order valence-electron chi connectivity index (χ2n) is 7.74. The topological polar surface area (TPSA) is 104 Å². The van der Waals surface area contributed by atoms with Crippen molar-refractivity contribution in [3.05, 3.63) is 60.2 Å². The predicted molar refractivity (Wildman–Crippen MR) is 114 cm³/mol. The summed E-state index contributed by atoms with van der Waals surface area (Å²) in [7, 11) is 1.96. The van der Waals surface area contributed by atoms with Crippen LogP contribution in [0.3, 0.4) is 0 Å². The van der Waals surface area contributed by atoms with Gasteiger partial charge in [0, 0.05) is 35.8 Å². The van der Waals surface area contributed by atoms with Crippen LogP contribution < -0.4 is 5.32 Å². The minimum Gasteiger partial charge on any atom is -0.344 e. The third-order valence-corrected chi connectivity index (χ3v) is 5.69. The zero-order chi connectivity index (χ0) is 20.2. The minimum absolute atomic E-state index is 0.272. The molecule has 8 nitrogen and oxygen atoms in total. The molecule has 1 saturated carbocycles. The summed E-state index contributed by atoms with van der Waals surface area (Å²) in [6.45, 7) is 0. The lowest BCUT2D eigenvalue weighted by atomic mass is 10.0. The minimum atomic E-state index is -0.272. The first kappa shape index (κ1) is 17.0. The molecule has 4 heterocycles. The Morgan fingerprint density at radius 3 is 2.97 bits per heavy atom. The number of aromatic amines is 2. The molecule has 3 N–H and O–H groups in total. The van der Waals surface area contributed by atoms with Gasteiger partial charge in [-0.25, -0.2) is 0 Å². The number of hydrogen-bond donors (Lipinski definition) is 3. The number of carbonyl (C=O) groups is 1. The van der Waals surface area contributed by atoms with Crippen molar-refractivity contribution in [1.82, 2.24) is 29.9 Å². The molecule has 148 valence electrons. The Kier molecular flexibility index (Phi) is 3.55. The normalized spacial score (nSPS) is 13.9. The van der Waals surface area contributed by atoms with E-state index in [0.29, 0.717) is 17.3 Å². The highest BCUT2D eigenvalue weighted by Gasteiger charge is 2.29. The lowest BCUT2D eigenvalue weighted by molar-refractivity contribution is 0.102. The molecule has 4 aromatic heterocycles. The molecule has 5 aromatic rings. The van der Waals surface area contributed by atoms with Crippen molar-refractivity contribution in [3.8, 4) is 11.3 Å². The van der Waals surface area contributed by atoms with E-state index >= 15 is 0 Å². The molecule has 1 fully saturated rings. The zero-order valence-corrected chi connectivity index (χ0v) is 16.3. The van der Waals surface area contributed by atoms with E-state index in [4.69, 9.17) is 0 Å². The molecule has 0 spiro atoms. The number of anilines is 1. The van der Waals surface area contributed by atoms with E-state index in [1.165, 1.54) is 23.8 Å². The van der Waals surface area contributed by atoms with Crippen LogP contribution in [0.25, 0.3) is 33.2 Å². The van der Waals surface area contributed by atoms with Gasteiger partial charge in [-0.2, -0.15) is 10.2 Å². The van der Waals surface area contributed by atoms with Gasteiger partial charge in [-0.1, -0.05) is 6.07 Å². The number of nitrogens with zero attached hydrogens (tertiary/aromatic N) is 4. The first-order valence-corrected chi connectivity index (χ1v) is 9.93. The third kappa shape index (κ3) is 2.61. The number of amides is 1. The molecule has 6 rings (SSSR count). The Hall–Kier alpha value is -3.94. The van der Waals surface area contributed by atoms with E-state index in [2.05, 4.69) is 36.8 Å². The number of benzene rings is 1. The van der Waals surface area contributed by atoms with Gasteiger partial charge in [0.15, 0.2) is 11.3 Å². The van der Waals surface area contributed by atoms with Crippen molar-refractivity contribution in [2.75, 3.05) is 5.32 Å². The van der Waals surface area contributed by atoms with E-state index in [9.17, 15) is 4.79 Å². The Balaban J connectivity index is 1.41. The van der Waals surface area contributed by atoms with Gasteiger partial charge in [-0.3, -0.25) is 19.6 Å². The Morgan fingerprint density at radius 2 is 2.17 bits per heavy atom. The summed E-state index contributed by atoms with van der Waals surface area (Å²) in [6, 6.07) is 9.56. The molecule has 1 aromatic carbocycles. The maximum absolute atomic E-state index is 12.7. The number of H-pyrrole nitrogens is 2. The maximum Gasteiger partial charge on any atom is 0.276 e. The average molecular weight is 397 g/mol. The molecular weight excluding hydrogens is 378 g/mol. The highest BCUT2D eigenvalue weighted by atomic mass is 16.1. The van der Waals surface area contributed by atoms with Gasteiger partial charge in [0.05, 0.1) is 23.1 Å². The number of carbonyl (C=O) groups excluding carboxylic acids is 1. The van der Waals surface area contributed by atoms with Gasteiger partial charge in [0.2, 0.25) is 0 Å². The lowest BCUT2D eigenvalue weighted by Gasteiger charge is -2.05. The monoisotopic (exact) mass is 397 g/mol. The molecule has 0 radical (unpaired) electrons. The molecule has 1 aliphatic carbocycles. The number of rotatable bonds is 4. The van der Waals surface area contributed by atoms with E-state index in [1.54, 1.807) is 24.5 Å². The molecule has 30 heavy (non-hydrogen) atoms. The molecule has 8 heteroatoms. The van der Waals surface area contributed by atoms with Crippen LogP contribution in [0.15, 0.2) is 48.9 Å². The molecular formula is C22H19N7O. The van der Waals surface area contributed by atoms with Crippen LogP contribution in [-0.2, 0) is 7.05 Å². The highest BCUT2D eigenvalue weighted by Crippen LogP contribution is 2.45. The second kappa shape index (κ2) is 6.28. The fourth-order valence-electron chi connectivity index (χ4n) is 4.13. The zero-order valence-electron chi connectivity index (χ0n) is 16.3. The highest BCUT2D eigenvalue weighted by molar-refractivity contribution is 6.11. The van der Waals surface area contributed by atoms with E-state index in [-0.39, 0.29) is 5.91 Å². The van der Waals surface area contributed by atoms with Gasteiger partial charge < -0.3 is 10.3 Å². The number of pyridine rings is 1. The number of aryl methyl sites for hydroxylation is 1. The van der Waals surface area contributed by atoms with Gasteiger partial charge in [-0.05, 0) is 48.6 Å². The Morgan fingerprint density at radius 1 is 1.27 bits per heavy atom. The summed E-state index contributed by atoms with van der Waals surface area (Å²) < 4.78 is 1.92. The van der Waals surface area contributed by atoms with Crippen LogP contribution in [0.1, 0.15) is 34.8 Å². The van der Waals surface area contributed by atoms with E-state index in [0.717, 1.165) is 27.8 Å². The summed E-state index contributed by atoms with van der Waals surface area (Å²) >= 11 is 0. The molecule has 1 amide bonds. The summed E-state index contributed by atoms with van der Waals surface area (Å²) in [5.74, 6) is 0.354. The van der Waals surface area contributed by atoms with Gasteiger partial charge in [-0.15, -0.1) is 0 Å². The summed E-state index contributed by atoms with van der Waals surface area (Å²) in [5, 5.41) is 16.7. The van der Waals surface area contributed by atoms with Crippen molar-refractivity contribution in [3.63, 3.8) is 0 Å². The predicted octanol–water partition coefficient (Wildman–Crippen LogP) is 3.97. The largest absolute Gasteiger partial charge is 0.344 e.